The summed E-state index contributed by atoms with van der Waals surface area (Å²) in [5.74, 6) is 0.964. The van der Waals surface area contributed by atoms with Crippen LogP contribution >= 0.6 is 0 Å². The average molecular weight is 314 g/mol. The summed E-state index contributed by atoms with van der Waals surface area (Å²) in [6, 6.07) is 10.3. The normalized spacial score (nSPS) is 22.9. The molecular weight excluding hydrogens is 292 g/mol. The molecule has 122 valence electrons. The molecule has 0 amide bonds. The highest BCUT2D eigenvalue weighted by atomic mass is 16.5. The zero-order valence-corrected chi connectivity index (χ0v) is 13.2. The number of nitrogens with one attached hydrogen (secondary N) is 1. The van der Waals surface area contributed by atoms with Crippen LogP contribution in [0.4, 0.5) is 0 Å². The van der Waals surface area contributed by atoms with Crippen molar-refractivity contribution < 1.29 is 14.0 Å². The van der Waals surface area contributed by atoms with Gasteiger partial charge < -0.3 is 19.3 Å². The lowest BCUT2D eigenvalue weighted by Crippen LogP contribution is -2.41. The standard InChI is InChI=1S/C18H22N2O3/c1-2-4-14(5-3-1)16-11-20-23-17(16)18(6-7-18)13-21-12-15-10-19-8-9-22-15/h1-5,11,15,19H,6-10,12-13H2/t15-/m1/s1. The number of nitrogens with zero attached hydrogens (tertiary/aromatic N) is 1. The van der Waals surface area contributed by atoms with Crippen LogP contribution in [0.15, 0.2) is 41.1 Å². The monoisotopic (exact) mass is 314 g/mol. The number of rotatable bonds is 6. The van der Waals surface area contributed by atoms with Gasteiger partial charge >= 0.3 is 0 Å². The Morgan fingerprint density at radius 3 is 2.87 bits per heavy atom. The molecule has 2 aliphatic rings. The van der Waals surface area contributed by atoms with E-state index in [1.54, 1.807) is 0 Å². The Bertz CT molecular complexity index is 631. The molecule has 5 heteroatoms. The van der Waals surface area contributed by atoms with Crippen LogP contribution in [-0.2, 0) is 14.9 Å². The van der Waals surface area contributed by atoms with Crippen LogP contribution < -0.4 is 5.32 Å². The highest BCUT2D eigenvalue weighted by molar-refractivity contribution is 5.66. The molecule has 23 heavy (non-hydrogen) atoms. The van der Waals surface area contributed by atoms with E-state index >= 15 is 0 Å². The van der Waals surface area contributed by atoms with Crippen LogP contribution in [0.1, 0.15) is 18.6 Å². The van der Waals surface area contributed by atoms with Crippen LogP contribution in [0, 0.1) is 0 Å². The van der Waals surface area contributed by atoms with Gasteiger partial charge in [0.1, 0.15) is 0 Å². The van der Waals surface area contributed by atoms with E-state index in [0.29, 0.717) is 13.2 Å². The molecule has 2 fully saturated rings. The first-order valence-corrected chi connectivity index (χ1v) is 8.28. The summed E-state index contributed by atoms with van der Waals surface area (Å²) in [5, 5.41) is 7.36. The predicted octanol–water partition coefficient (Wildman–Crippen LogP) is 2.38. The van der Waals surface area contributed by atoms with Gasteiger partial charge in [-0.25, -0.2) is 0 Å². The Labute approximate surface area is 136 Å². The van der Waals surface area contributed by atoms with E-state index in [1.807, 2.05) is 24.4 Å². The zero-order chi connectivity index (χ0) is 15.5. The molecule has 0 bridgehead atoms. The summed E-state index contributed by atoms with van der Waals surface area (Å²) in [7, 11) is 0. The third-order valence-electron chi connectivity index (χ3n) is 4.68. The SMILES string of the molecule is c1ccc(-c2cnoc2C2(COC[C@H]3CNCCO3)CC2)cc1. The predicted molar refractivity (Wildman–Crippen MR) is 86.3 cm³/mol. The van der Waals surface area contributed by atoms with Gasteiger partial charge in [-0.15, -0.1) is 0 Å². The number of hydrogen-bond acceptors (Lipinski definition) is 5. The second kappa shape index (κ2) is 6.43. The maximum atomic E-state index is 5.96. The molecule has 1 aliphatic heterocycles. The van der Waals surface area contributed by atoms with E-state index in [-0.39, 0.29) is 11.5 Å². The van der Waals surface area contributed by atoms with Crippen molar-refractivity contribution in [1.29, 1.82) is 0 Å². The third kappa shape index (κ3) is 3.17. The highest BCUT2D eigenvalue weighted by Crippen LogP contribution is 2.51. The Balaban J connectivity index is 1.42. The molecule has 4 rings (SSSR count). The lowest BCUT2D eigenvalue weighted by molar-refractivity contribution is -0.0365. The minimum absolute atomic E-state index is 0.0101. The van der Waals surface area contributed by atoms with Crippen LogP contribution in [0.3, 0.4) is 0 Å². The minimum Gasteiger partial charge on any atom is -0.378 e. The molecule has 2 aromatic rings. The van der Waals surface area contributed by atoms with Gasteiger partial charge in [0, 0.05) is 18.7 Å². The first-order chi connectivity index (χ1) is 11.4. The van der Waals surface area contributed by atoms with Gasteiger partial charge in [-0.2, -0.15) is 0 Å². The Morgan fingerprint density at radius 1 is 1.26 bits per heavy atom. The molecule has 1 aliphatic carbocycles. The fourth-order valence-corrected chi connectivity index (χ4v) is 3.15. The molecule has 1 aromatic carbocycles. The summed E-state index contributed by atoms with van der Waals surface area (Å²) in [6.07, 6.45) is 4.15. The minimum atomic E-state index is -0.0101. The van der Waals surface area contributed by atoms with Crippen LogP contribution in [0.5, 0.6) is 0 Å². The summed E-state index contributed by atoms with van der Waals surface area (Å²) in [5.41, 5.74) is 2.22. The first kappa shape index (κ1) is 14.9. The molecule has 2 heterocycles. The quantitative estimate of drug-likeness (QED) is 0.887. The van der Waals surface area contributed by atoms with Gasteiger partial charge in [-0.1, -0.05) is 35.5 Å². The fraction of sp³-hybridized carbons (Fsp3) is 0.500. The average Bonchev–Trinajstić information content (AvgIpc) is 3.22. The highest BCUT2D eigenvalue weighted by Gasteiger charge is 2.49. The second-order valence-electron chi connectivity index (χ2n) is 6.43. The van der Waals surface area contributed by atoms with Crippen molar-refractivity contribution in [2.45, 2.75) is 24.4 Å². The largest absolute Gasteiger partial charge is 0.378 e. The van der Waals surface area contributed by atoms with Gasteiger partial charge in [0.15, 0.2) is 5.76 Å². The zero-order valence-electron chi connectivity index (χ0n) is 13.2. The van der Waals surface area contributed by atoms with Crippen LogP contribution in [0.25, 0.3) is 11.1 Å². The number of hydrogen-bond donors (Lipinski definition) is 1. The second-order valence-corrected chi connectivity index (χ2v) is 6.43. The van der Waals surface area contributed by atoms with Crippen LogP contribution in [0.2, 0.25) is 0 Å². The Morgan fingerprint density at radius 2 is 2.13 bits per heavy atom. The van der Waals surface area contributed by atoms with Crippen molar-refractivity contribution in [3.63, 3.8) is 0 Å². The van der Waals surface area contributed by atoms with Crippen molar-refractivity contribution in [2.75, 3.05) is 32.9 Å². The Kier molecular flexibility index (Phi) is 4.16. The molecule has 0 unspecified atom stereocenters. The topological polar surface area (TPSA) is 56.5 Å². The Hall–Kier alpha value is -1.69. The van der Waals surface area contributed by atoms with Crippen molar-refractivity contribution in [3.05, 3.63) is 42.3 Å². The molecule has 0 radical (unpaired) electrons. The van der Waals surface area contributed by atoms with Crippen LogP contribution in [-0.4, -0.2) is 44.2 Å². The molecule has 1 saturated heterocycles. The number of ether oxygens (including phenoxy) is 2. The maximum absolute atomic E-state index is 5.96. The van der Waals surface area contributed by atoms with E-state index in [4.69, 9.17) is 14.0 Å². The molecule has 0 spiro atoms. The summed E-state index contributed by atoms with van der Waals surface area (Å²) < 4.78 is 17.3. The molecule has 1 atom stereocenters. The molecule has 1 aromatic heterocycles. The molecule has 1 N–H and O–H groups in total. The van der Waals surface area contributed by atoms with Crippen molar-refractivity contribution >= 4 is 0 Å². The molecule has 5 nitrogen and oxygen atoms in total. The van der Waals surface area contributed by atoms with E-state index in [0.717, 1.165) is 49.4 Å². The van der Waals surface area contributed by atoms with Gasteiger partial charge in [0.05, 0.1) is 37.5 Å². The lowest BCUT2D eigenvalue weighted by atomic mass is 9.97. The van der Waals surface area contributed by atoms with Gasteiger partial charge in [0.25, 0.3) is 0 Å². The van der Waals surface area contributed by atoms with Gasteiger partial charge in [-0.05, 0) is 18.4 Å². The van der Waals surface area contributed by atoms with E-state index in [2.05, 4.69) is 22.6 Å². The molecular formula is C18H22N2O3. The van der Waals surface area contributed by atoms with E-state index < -0.39 is 0 Å². The van der Waals surface area contributed by atoms with Crippen molar-refractivity contribution in [1.82, 2.24) is 10.5 Å². The summed E-state index contributed by atoms with van der Waals surface area (Å²) >= 11 is 0. The lowest BCUT2D eigenvalue weighted by Gasteiger charge is -2.24. The number of benzene rings is 1. The van der Waals surface area contributed by atoms with E-state index in [1.165, 1.54) is 0 Å². The van der Waals surface area contributed by atoms with E-state index in [9.17, 15) is 0 Å². The number of morpholine rings is 1. The van der Waals surface area contributed by atoms with Gasteiger partial charge in [-0.3, -0.25) is 0 Å². The van der Waals surface area contributed by atoms with Crippen molar-refractivity contribution in [3.8, 4) is 11.1 Å². The summed E-state index contributed by atoms with van der Waals surface area (Å²) in [6.45, 7) is 3.86. The van der Waals surface area contributed by atoms with Gasteiger partial charge in [0.2, 0.25) is 0 Å². The molecule has 1 saturated carbocycles. The van der Waals surface area contributed by atoms with Crippen molar-refractivity contribution in [2.24, 2.45) is 0 Å². The number of aromatic nitrogens is 1. The fourth-order valence-electron chi connectivity index (χ4n) is 3.15. The maximum Gasteiger partial charge on any atom is 0.152 e. The third-order valence-corrected chi connectivity index (χ3v) is 4.68. The summed E-state index contributed by atoms with van der Waals surface area (Å²) in [4.78, 5) is 0. The first-order valence-electron chi connectivity index (χ1n) is 8.28. The smallest absolute Gasteiger partial charge is 0.152 e.